The van der Waals surface area contributed by atoms with Crippen LogP contribution in [0.25, 0.3) is 10.9 Å². The molecule has 1 N–H and O–H groups in total. The van der Waals surface area contributed by atoms with Gasteiger partial charge in [-0.2, -0.15) is 10.4 Å². The van der Waals surface area contributed by atoms with E-state index < -0.39 is 0 Å². The first-order valence-electron chi connectivity index (χ1n) is 9.83. The number of carbonyl (C=O) groups excluding carboxylic acids is 1. The zero-order chi connectivity index (χ0) is 20.4. The summed E-state index contributed by atoms with van der Waals surface area (Å²) in [5.74, 6) is 0.528. The number of rotatable bonds is 4. The predicted molar refractivity (Wildman–Crippen MR) is 121 cm³/mol. The molecular weight excluding hydrogens is 477 g/mol. The summed E-state index contributed by atoms with van der Waals surface area (Å²) in [5.41, 5.74) is 2.36. The number of pyridine rings is 1. The summed E-state index contributed by atoms with van der Waals surface area (Å²) in [5, 5.41) is 17.6. The van der Waals surface area contributed by atoms with Gasteiger partial charge >= 0.3 is 0 Å². The molecule has 1 amide bonds. The maximum absolute atomic E-state index is 12.5. The molecule has 1 unspecified atom stereocenters. The molecule has 7 heteroatoms. The number of carbonyl (C=O) groups is 1. The van der Waals surface area contributed by atoms with Gasteiger partial charge in [0.15, 0.2) is 0 Å². The standard InChI is InChI=1S/C22H22IN5O/c1-14(23)16-2-5-20(6-3-16)28-13-18-9-19(4-7-21(18)27-28)26-22(29)17-8-15(10-24)11-25-12-17/h4,7-9,11-14,16,20H,2-3,5-6H2,1H3,(H,26,29)/t14?,16-,20-. The highest BCUT2D eigenvalue weighted by atomic mass is 127. The topological polar surface area (TPSA) is 83.6 Å². The largest absolute Gasteiger partial charge is 0.322 e. The molecule has 0 bridgehead atoms. The van der Waals surface area contributed by atoms with Crippen molar-refractivity contribution in [1.29, 1.82) is 5.26 Å². The second-order valence-corrected chi connectivity index (χ2v) is 9.62. The number of aromatic nitrogens is 3. The summed E-state index contributed by atoms with van der Waals surface area (Å²) < 4.78 is 2.82. The van der Waals surface area contributed by atoms with Crippen LogP contribution < -0.4 is 5.32 Å². The van der Waals surface area contributed by atoms with Crippen molar-refractivity contribution in [1.82, 2.24) is 14.8 Å². The Hall–Kier alpha value is -2.47. The fraction of sp³-hybridized carbons (Fsp3) is 0.364. The van der Waals surface area contributed by atoms with E-state index in [2.05, 4.69) is 50.7 Å². The maximum atomic E-state index is 12.5. The summed E-state index contributed by atoms with van der Waals surface area (Å²) in [4.78, 5) is 16.4. The lowest BCUT2D eigenvalue weighted by molar-refractivity contribution is 0.102. The van der Waals surface area contributed by atoms with E-state index in [1.54, 1.807) is 0 Å². The van der Waals surface area contributed by atoms with Gasteiger partial charge in [0.25, 0.3) is 5.91 Å². The van der Waals surface area contributed by atoms with Crippen LogP contribution in [-0.2, 0) is 0 Å². The molecule has 0 aliphatic heterocycles. The zero-order valence-electron chi connectivity index (χ0n) is 16.2. The third-order valence-corrected chi connectivity index (χ3v) is 6.69. The molecule has 1 aliphatic carbocycles. The van der Waals surface area contributed by atoms with E-state index in [9.17, 15) is 4.79 Å². The quantitative estimate of drug-likeness (QED) is 0.400. The zero-order valence-corrected chi connectivity index (χ0v) is 18.3. The number of halogens is 1. The summed E-state index contributed by atoms with van der Waals surface area (Å²) in [7, 11) is 0. The van der Waals surface area contributed by atoms with Gasteiger partial charge < -0.3 is 5.32 Å². The maximum Gasteiger partial charge on any atom is 0.257 e. The van der Waals surface area contributed by atoms with Gasteiger partial charge in [0.1, 0.15) is 6.07 Å². The van der Waals surface area contributed by atoms with E-state index in [0.29, 0.717) is 22.9 Å². The molecule has 4 rings (SSSR count). The third kappa shape index (κ3) is 4.42. The van der Waals surface area contributed by atoms with Crippen LogP contribution in [0.15, 0.2) is 42.9 Å². The first kappa shape index (κ1) is 19.8. The normalized spacial score (nSPS) is 20.2. The highest BCUT2D eigenvalue weighted by Crippen LogP contribution is 2.36. The molecule has 3 aromatic rings. The van der Waals surface area contributed by atoms with E-state index in [0.717, 1.165) is 33.6 Å². The van der Waals surface area contributed by atoms with Crippen LogP contribution in [0.4, 0.5) is 5.69 Å². The molecule has 0 saturated heterocycles. The average Bonchev–Trinajstić information content (AvgIpc) is 3.17. The number of alkyl halides is 1. The highest BCUT2D eigenvalue weighted by Gasteiger charge is 2.25. The van der Waals surface area contributed by atoms with Crippen LogP contribution in [0.3, 0.4) is 0 Å². The molecule has 1 fully saturated rings. The van der Waals surface area contributed by atoms with Gasteiger partial charge in [-0.25, -0.2) is 0 Å². The third-order valence-electron chi connectivity index (χ3n) is 5.67. The summed E-state index contributed by atoms with van der Waals surface area (Å²) in [6.07, 6.45) is 9.81. The van der Waals surface area contributed by atoms with Gasteiger partial charge in [-0.05, 0) is 55.9 Å². The lowest BCUT2D eigenvalue weighted by Crippen LogP contribution is -2.22. The number of nitriles is 1. The Morgan fingerprint density at radius 3 is 2.79 bits per heavy atom. The lowest BCUT2D eigenvalue weighted by atomic mass is 9.84. The molecule has 0 radical (unpaired) electrons. The van der Waals surface area contributed by atoms with Crippen LogP contribution in [0.2, 0.25) is 0 Å². The Kier molecular flexibility index (Phi) is 5.81. The number of fused-ring (bicyclic) bond motifs is 1. The second-order valence-electron chi connectivity index (χ2n) is 7.66. The van der Waals surface area contributed by atoms with Crippen molar-refractivity contribution in [3.05, 3.63) is 54.0 Å². The molecular formula is C22H22IN5O. The smallest absolute Gasteiger partial charge is 0.257 e. The van der Waals surface area contributed by atoms with Gasteiger partial charge in [-0.15, -0.1) is 0 Å². The van der Waals surface area contributed by atoms with Gasteiger partial charge in [0, 0.05) is 33.6 Å². The number of nitrogens with one attached hydrogen (secondary N) is 1. The van der Waals surface area contributed by atoms with Crippen molar-refractivity contribution in [3.63, 3.8) is 0 Å². The molecule has 1 aliphatic rings. The summed E-state index contributed by atoms with van der Waals surface area (Å²) in [6.45, 7) is 2.30. The molecule has 1 saturated carbocycles. The van der Waals surface area contributed by atoms with Crippen LogP contribution >= 0.6 is 22.6 Å². The number of hydrogen-bond acceptors (Lipinski definition) is 4. The van der Waals surface area contributed by atoms with E-state index in [4.69, 9.17) is 10.4 Å². The average molecular weight is 499 g/mol. The Balaban J connectivity index is 1.48. The fourth-order valence-electron chi connectivity index (χ4n) is 3.96. The molecule has 29 heavy (non-hydrogen) atoms. The predicted octanol–water partition coefficient (Wildman–Crippen LogP) is 5.11. The second kappa shape index (κ2) is 8.49. The number of amides is 1. The highest BCUT2D eigenvalue weighted by molar-refractivity contribution is 14.1. The van der Waals surface area contributed by atoms with Gasteiger partial charge in [0.05, 0.1) is 22.7 Å². The minimum absolute atomic E-state index is 0.285. The van der Waals surface area contributed by atoms with Crippen molar-refractivity contribution in [3.8, 4) is 6.07 Å². The van der Waals surface area contributed by atoms with Crippen molar-refractivity contribution in [2.24, 2.45) is 5.92 Å². The first-order valence-corrected chi connectivity index (χ1v) is 11.1. The van der Waals surface area contributed by atoms with Crippen LogP contribution in [0, 0.1) is 17.2 Å². The molecule has 1 atom stereocenters. The minimum Gasteiger partial charge on any atom is -0.322 e. The Morgan fingerprint density at radius 2 is 2.07 bits per heavy atom. The van der Waals surface area contributed by atoms with Crippen molar-refractivity contribution in [2.45, 2.75) is 42.6 Å². The Bertz CT molecular complexity index is 1080. The van der Waals surface area contributed by atoms with Gasteiger partial charge in [0.2, 0.25) is 0 Å². The van der Waals surface area contributed by atoms with E-state index in [1.165, 1.54) is 31.3 Å². The van der Waals surface area contributed by atoms with Crippen LogP contribution in [-0.4, -0.2) is 24.6 Å². The van der Waals surface area contributed by atoms with Crippen LogP contribution in [0.1, 0.15) is 54.6 Å². The Morgan fingerprint density at radius 1 is 1.28 bits per heavy atom. The van der Waals surface area contributed by atoms with Crippen molar-refractivity contribution < 1.29 is 4.79 Å². The molecule has 2 aromatic heterocycles. The van der Waals surface area contributed by atoms with Crippen molar-refractivity contribution in [2.75, 3.05) is 5.32 Å². The molecule has 6 nitrogen and oxygen atoms in total. The van der Waals surface area contributed by atoms with Gasteiger partial charge in [-0.3, -0.25) is 14.5 Å². The van der Waals surface area contributed by atoms with Gasteiger partial charge in [-0.1, -0.05) is 29.5 Å². The van der Waals surface area contributed by atoms with E-state index in [1.807, 2.05) is 24.3 Å². The number of benzene rings is 1. The first-order chi connectivity index (χ1) is 14.0. The van der Waals surface area contributed by atoms with E-state index in [-0.39, 0.29) is 5.91 Å². The molecule has 148 valence electrons. The van der Waals surface area contributed by atoms with E-state index >= 15 is 0 Å². The summed E-state index contributed by atoms with van der Waals surface area (Å²) in [6, 6.07) is 9.71. The fourth-order valence-corrected chi connectivity index (χ4v) is 4.68. The molecule has 1 aromatic carbocycles. The van der Waals surface area contributed by atoms with Crippen molar-refractivity contribution >= 4 is 45.1 Å². The summed E-state index contributed by atoms with van der Waals surface area (Å²) >= 11 is 2.54. The number of anilines is 1. The Labute approximate surface area is 183 Å². The lowest BCUT2D eigenvalue weighted by Gasteiger charge is -2.30. The number of nitrogens with zero attached hydrogens (tertiary/aromatic N) is 4. The number of hydrogen-bond donors (Lipinski definition) is 1. The monoisotopic (exact) mass is 499 g/mol. The van der Waals surface area contributed by atoms with Crippen LogP contribution in [0.5, 0.6) is 0 Å². The minimum atomic E-state index is -0.285. The SMILES string of the molecule is CC(I)[C@H]1CC[C@H](n2cc3cc(NC(=O)c4cncc(C#N)c4)ccc3n2)CC1. The molecule has 2 heterocycles. The molecule has 0 spiro atoms.